The van der Waals surface area contributed by atoms with Gasteiger partial charge in [0, 0.05) is 5.54 Å². The molecule has 4 heteroatoms. The van der Waals surface area contributed by atoms with E-state index >= 15 is 0 Å². The third-order valence-corrected chi connectivity index (χ3v) is 1.61. The lowest BCUT2D eigenvalue weighted by molar-refractivity contribution is -0.176. The Morgan fingerprint density at radius 3 is 2.08 bits per heavy atom. The molecular formula is C8H18N2O2. The molecule has 1 amide bonds. The molecule has 0 unspecified atom stereocenters. The van der Waals surface area contributed by atoms with Gasteiger partial charge in [-0.15, -0.1) is 0 Å². The van der Waals surface area contributed by atoms with Crippen molar-refractivity contribution in [2.75, 3.05) is 0 Å². The van der Waals surface area contributed by atoms with Gasteiger partial charge in [0.1, 0.15) is 0 Å². The summed E-state index contributed by atoms with van der Waals surface area (Å²) in [6.07, 6.45) is 0.932. The van der Waals surface area contributed by atoms with Crippen molar-refractivity contribution in [2.45, 2.75) is 45.2 Å². The maximum absolute atomic E-state index is 10.3. The molecule has 0 fully saturated rings. The summed E-state index contributed by atoms with van der Waals surface area (Å²) < 4.78 is 0. The van der Waals surface area contributed by atoms with Crippen molar-refractivity contribution in [1.82, 2.24) is 5.06 Å². The Balaban J connectivity index is 4.31. The van der Waals surface area contributed by atoms with Crippen LogP contribution in [0, 0.1) is 0 Å². The normalized spacial score (nSPS) is 12.8. The first-order valence-corrected chi connectivity index (χ1v) is 3.91. The second kappa shape index (κ2) is 3.41. The SMILES string of the molecule is CC(C)(N)CC(C)(C)N(O)C=O. The lowest BCUT2D eigenvalue weighted by Crippen LogP contribution is -2.48. The van der Waals surface area contributed by atoms with Gasteiger partial charge >= 0.3 is 0 Å². The monoisotopic (exact) mass is 174 g/mol. The molecule has 0 aromatic carbocycles. The molecule has 0 aliphatic rings. The molecule has 0 aromatic rings. The fourth-order valence-corrected chi connectivity index (χ4v) is 1.34. The second-order valence-electron chi connectivity index (χ2n) is 4.43. The highest BCUT2D eigenvalue weighted by Gasteiger charge is 2.30. The Morgan fingerprint density at radius 1 is 1.42 bits per heavy atom. The predicted octanol–water partition coefficient (Wildman–Crippen LogP) is 0.740. The van der Waals surface area contributed by atoms with Gasteiger partial charge in [-0.1, -0.05) is 0 Å². The van der Waals surface area contributed by atoms with E-state index in [9.17, 15) is 4.79 Å². The van der Waals surface area contributed by atoms with Crippen LogP contribution >= 0.6 is 0 Å². The molecule has 0 spiro atoms. The van der Waals surface area contributed by atoms with E-state index in [1.807, 2.05) is 13.8 Å². The molecule has 72 valence electrons. The first kappa shape index (κ1) is 11.4. The zero-order valence-electron chi connectivity index (χ0n) is 8.16. The van der Waals surface area contributed by atoms with Crippen LogP contribution in [-0.4, -0.2) is 27.8 Å². The van der Waals surface area contributed by atoms with Crippen LogP contribution in [-0.2, 0) is 4.79 Å². The molecule has 0 rings (SSSR count). The lowest BCUT2D eigenvalue weighted by atomic mass is 9.88. The maximum atomic E-state index is 10.3. The Labute approximate surface area is 73.3 Å². The van der Waals surface area contributed by atoms with E-state index in [0.717, 1.165) is 0 Å². The number of hydroxylamine groups is 2. The van der Waals surface area contributed by atoms with Gasteiger partial charge in [0.25, 0.3) is 0 Å². The van der Waals surface area contributed by atoms with E-state index in [2.05, 4.69) is 0 Å². The summed E-state index contributed by atoms with van der Waals surface area (Å²) >= 11 is 0. The van der Waals surface area contributed by atoms with Crippen LogP contribution in [0.15, 0.2) is 0 Å². The number of amides is 1. The molecule has 0 heterocycles. The van der Waals surface area contributed by atoms with Gasteiger partial charge in [0.05, 0.1) is 5.54 Å². The molecule has 0 aliphatic heterocycles. The number of hydrogen-bond donors (Lipinski definition) is 2. The average molecular weight is 174 g/mol. The van der Waals surface area contributed by atoms with E-state index in [1.165, 1.54) is 0 Å². The summed E-state index contributed by atoms with van der Waals surface area (Å²) in [7, 11) is 0. The molecule has 0 saturated heterocycles. The van der Waals surface area contributed by atoms with Crippen molar-refractivity contribution in [3.8, 4) is 0 Å². The first-order chi connectivity index (χ1) is 5.19. The summed E-state index contributed by atoms with van der Waals surface area (Å²) in [6.45, 7) is 7.23. The average Bonchev–Trinajstić information content (AvgIpc) is 1.80. The lowest BCUT2D eigenvalue weighted by Gasteiger charge is -2.35. The van der Waals surface area contributed by atoms with E-state index in [0.29, 0.717) is 17.9 Å². The zero-order chi connectivity index (χ0) is 9.99. The standard InChI is InChI=1S/C8H18N2O2/c1-7(2,9)5-8(3,4)10(12)6-11/h6,12H,5,9H2,1-4H3. The Kier molecular flexibility index (Phi) is 3.24. The highest BCUT2D eigenvalue weighted by atomic mass is 16.5. The Morgan fingerprint density at radius 2 is 1.83 bits per heavy atom. The van der Waals surface area contributed by atoms with Gasteiger partial charge < -0.3 is 5.73 Å². The van der Waals surface area contributed by atoms with Gasteiger partial charge in [-0.05, 0) is 34.1 Å². The maximum Gasteiger partial charge on any atom is 0.233 e. The molecule has 0 saturated carbocycles. The van der Waals surface area contributed by atoms with E-state index < -0.39 is 11.1 Å². The molecular weight excluding hydrogens is 156 g/mol. The van der Waals surface area contributed by atoms with Gasteiger partial charge in [0.15, 0.2) is 0 Å². The molecule has 12 heavy (non-hydrogen) atoms. The summed E-state index contributed by atoms with van der Waals surface area (Å²) in [5.74, 6) is 0. The Bertz CT molecular complexity index is 161. The number of carbonyl (C=O) groups is 1. The minimum absolute atomic E-state index is 0.395. The highest BCUT2D eigenvalue weighted by Crippen LogP contribution is 2.21. The molecule has 0 atom stereocenters. The van der Waals surface area contributed by atoms with Crippen LogP contribution in [0.5, 0.6) is 0 Å². The second-order valence-corrected chi connectivity index (χ2v) is 4.43. The van der Waals surface area contributed by atoms with Gasteiger partial charge in [-0.25, -0.2) is 5.06 Å². The van der Waals surface area contributed by atoms with Crippen molar-refractivity contribution in [1.29, 1.82) is 0 Å². The molecule has 0 radical (unpaired) electrons. The predicted molar refractivity (Wildman–Crippen MR) is 46.7 cm³/mol. The summed E-state index contributed by atoms with van der Waals surface area (Å²) in [5, 5.41) is 9.81. The Hall–Kier alpha value is -0.610. The number of rotatable bonds is 4. The minimum atomic E-state index is -0.611. The quantitative estimate of drug-likeness (QED) is 0.375. The van der Waals surface area contributed by atoms with Crippen LogP contribution in [0.25, 0.3) is 0 Å². The molecule has 0 aliphatic carbocycles. The van der Waals surface area contributed by atoms with E-state index in [1.54, 1.807) is 13.8 Å². The van der Waals surface area contributed by atoms with Crippen molar-refractivity contribution in [3.05, 3.63) is 0 Å². The topological polar surface area (TPSA) is 66.6 Å². The molecule has 0 aromatic heterocycles. The van der Waals surface area contributed by atoms with Gasteiger partial charge in [-0.2, -0.15) is 0 Å². The zero-order valence-corrected chi connectivity index (χ0v) is 8.16. The summed E-state index contributed by atoms with van der Waals surface area (Å²) in [6, 6.07) is 0. The van der Waals surface area contributed by atoms with E-state index in [4.69, 9.17) is 10.9 Å². The fourth-order valence-electron chi connectivity index (χ4n) is 1.34. The molecule has 4 nitrogen and oxygen atoms in total. The largest absolute Gasteiger partial charge is 0.325 e. The van der Waals surface area contributed by atoms with Crippen LogP contribution in [0.4, 0.5) is 0 Å². The molecule has 0 bridgehead atoms. The number of hydrogen-bond acceptors (Lipinski definition) is 3. The van der Waals surface area contributed by atoms with Crippen LogP contribution in [0.3, 0.4) is 0 Å². The number of nitrogens with two attached hydrogens (primary N) is 1. The fraction of sp³-hybridized carbons (Fsp3) is 0.875. The minimum Gasteiger partial charge on any atom is -0.325 e. The number of nitrogens with zero attached hydrogens (tertiary/aromatic N) is 1. The summed E-state index contributed by atoms with van der Waals surface area (Å²) in [5.41, 5.74) is 4.75. The van der Waals surface area contributed by atoms with Crippen LogP contribution in [0.2, 0.25) is 0 Å². The van der Waals surface area contributed by atoms with Crippen LogP contribution < -0.4 is 5.73 Å². The van der Waals surface area contributed by atoms with Crippen molar-refractivity contribution in [2.24, 2.45) is 5.73 Å². The van der Waals surface area contributed by atoms with Crippen molar-refractivity contribution < 1.29 is 10.0 Å². The molecule has 3 N–H and O–H groups in total. The van der Waals surface area contributed by atoms with Crippen LogP contribution in [0.1, 0.15) is 34.1 Å². The third-order valence-electron chi connectivity index (χ3n) is 1.61. The smallest absolute Gasteiger partial charge is 0.233 e. The highest BCUT2D eigenvalue weighted by molar-refractivity contribution is 5.46. The van der Waals surface area contributed by atoms with Crippen molar-refractivity contribution in [3.63, 3.8) is 0 Å². The third kappa shape index (κ3) is 3.69. The first-order valence-electron chi connectivity index (χ1n) is 3.91. The summed E-state index contributed by atoms with van der Waals surface area (Å²) in [4.78, 5) is 10.3. The van der Waals surface area contributed by atoms with Crippen molar-refractivity contribution >= 4 is 6.41 Å². The van der Waals surface area contributed by atoms with E-state index in [-0.39, 0.29) is 0 Å². The van der Waals surface area contributed by atoms with Gasteiger partial charge in [0.2, 0.25) is 6.41 Å². The van der Waals surface area contributed by atoms with Gasteiger partial charge in [-0.3, -0.25) is 10.0 Å². The number of carbonyl (C=O) groups excluding carboxylic acids is 1.